The maximum atomic E-state index is 9.28. The molecule has 1 aliphatic heterocycles. The van der Waals surface area contributed by atoms with Crippen molar-refractivity contribution in [1.82, 2.24) is 29.4 Å². The molecule has 6 rings (SSSR count). The molecular formula is C29H26N8O. The van der Waals surface area contributed by atoms with Crippen molar-refractivity contribution in [3.63, 3.8) is 0 Å². The molecule has 9 nitrogen and oxygen atoms in total. The number of aromatic nitrogens is 5. The van der Waals surface area contributed by atoms with Crippen molar-refractivity contribution in [2.45, 2.75) is 25.5 Å². The van der Waals surface area contributed by atoms with Crippen molar-refractivity contribution in [2.24, 2.45) is 0 Å². The number of hydrogen-bond donors (Lipinski definition) is 1. The highest BCUT2D eigenvalue weighted by Crippen LogP contribution is 2.30. The van der Waals surface area contributed by atoms with Gasteiger partial charge in [-0.15, -0.1) is 0 Å². The topological polar surface area (TPSA) is 119 Å². The fraction of sp³-hybridized carbons (Fsp3) is 0.207. The fourth-order valence-corrected chi connectivity index (χ4v) is 4.87. The van der Waals surface area contributed by atoms with Gasteiger partial charge in [-0.05, 0) is 66.9 Å². The van der Waals surface area contributed by atoms with Gasteiger partial charge in [-0.3, -0.25) is 9.47 Å². The minimum absolute atomic E-state index is 0.0657. The Morgan fingerprint density at radius 2 is 1.66 bits per heavy atom. The van der Waals surface area contributed by atoms with E-state index < -0.39 is 0 Å². The summed E-state index contributed by atoms with van der Waals surface area (Å²) >= 11 is 0. The highest BCUT2D eigenvalue weighted by molar-refractivity contribution is 5.82. The van der Waals surface area contributed by atoms with Crippen molar-refractivity contribution in [3.8, 4) is 29.0 Å². The minimum Gasteiger partial charge on any atom is -0.473 e. The molecule has 1 aromatic carbocycles. The van der Waals surface area contributed by atoms with Crippen molar-refractivity contribution >= 4 is 17.0 Å². The Balaban J connectivity index is 1.17. The molecule has 0 amide bonds. The molecule has 5 aromatic rings. The van der Waals surface area contributed by atoms with Crippen molar-refractivity contribution in [1.29, 1.82) is 5.26 Å². The lowest BCUT2D eigenvalue weighted by Gasteiger charge is -2.32. The summed E-state index contributed by atoms with van der Waals surface area (Å²) in [5, 5.41) is 9.28. The molecular weight excluding hydrogens is 476 g/mol. The molecule has 0 atom stereocenters. The fourth-order valence-electron chi connectivity index (χ4n) is 4.87. The predicted octanol–water partition coefficient (Wildman–Crippen LogP) is 4.37. The Labute approximate surface area is 220 Å². The molecule has 0 saturated carbocycles. The molecule has 38 heavy (non-hydrogen) atoms. The van der Waals surface area contributed by atoms with E-state index in [0.29, 0.717) is 23.1 Å². The normalized spacial score (nSPS) is 14.4. The number of nitriles is 1. The number of hydrogen-bond acceptors (Lipinski definition) is 8. The maximum absolute atomic E-state index is 9.28. The number of piperidine rings is 1. The molecule has 9 heteroatoms. The predicted molar refractivity (Wildman–Crippen MR) is 144 cm³/mol. The van der Waals surface area contributed by atoms with E-state index in [9.17, 15) is 5.26 Å². The molecule has 1 aliphatic rings. The number of fused-ring (bicyclic) bond motifs is 1. The van der Waals surface area contributed by atoms with Crippen molar-refractivity contribution in [3.05, 3.63) is 90.4 Å². The number of pyridine rings is 3. The number of anilines is 1. The first kappa shape index (κ1) is 23.6. The second-order valence-corrected chi connectivity index (χ2v) is 9.28. The van der Waals surface area contributed by atoms with Crippen LogP contribution in [0.3, 0.4) is 0 Å². The summed E-state index contributed by atoms with van der Waals surface area (Å²) in [6.07, 6.45) is 6.95. The summed E-state index contributed by atoms with van der Waals surface area (Å²) in [5.41, 5.74) is 11.2. The van der Waals surface area contributed by atoms with Crippen LogP contribution in [0.2, 0.25) is 0 Å². The molecule has 0 spiro atoms. The van der Waals surface area contributed by atoms with E-state index in [0.717, 1.165) is 54.9 Å². The number of likely N-dealkylation sites (tertiary alicyclic amines) is 1. The molecule has 5 heterocycles. The van der Waals surface area contributed by atoms with Crippen LogP contribution in [-0.4, -0.2) is 48.6 Å². The average molecular weight is 503 g/mol. The quantitative estimate of drug-likeness (QED) is 0.363. The summed E-state index contributed by atoms with van der Waals surface area (Å²) in [6.45, 7) is 2.69. The Kier molecular flexibility index (Phi) is 6.38. The molecule has 0 aliphatic carbocycles. The molecule has 2 N–H and O–H groups in total. The van der Waals surface area contributed by atoms with E-state index in [1.807, 2.05) is 28.8 Å². The van der Waals surface area contributed by atoms with Crippen LogP contribution < -0.4 is 10.5 Å². The zero-order valence-electron chi connectivity index (χ0n) is 20.7. The van der Waals surface area contributed by atoms with Gasteiger partial charge in [-0.2, -0.15) is 5.26 Å². The smallest absolute Gasteiger partial charge is 0.231 e. The second-order valence-electron chi connectivity index (χ2n) is 9.28. The van der Waals surface area contributed by atoms with Gasteiger partial charge < -0.3 is 10.5 Å². The van der Waals surface area contributed by atoms with Crippen molar-refractivity contribution in [2.75, 3.05) is 18.8 Å². The molecule has 0 bridgehead atoms. The van der Waals surface area contributed by atoms with Crippen LogP contribution in [0.15, 0.2) is 79.3 Å². The van der Waals surface area contributed by atoms with E-state index in [4.69, 9.17) is 15.5 Å². The van der Waals surface area contributed by atoms with Gasteiger partial charge in [0.1, 0.15) is 29.1 Å². The molecule has 1 saturated heterocycles. The van der Waals surface area contributed by atoms with E-state index in [1.165, 1.54) is 5.56 Å². The summed E-state index contributed by atoms with van der Waals surface area (Å²) < 4.78 is 8.07. The third kappa shape index (κ3) is 4.65. The Hall–Kier alpha value is -4.81. The van der Waals surface area contributed by atoms with Gasteiger partial charge in [0, 0.05) is 43.9 Å². The van der Waals surface area contributed by atoms with Gasteiger partial charge in [0.05, 0.1) is 5.56 Å². The minimum atomic E-state index is 0.0657. The lowest BCUT2D eigenvalue weighted by molar-refractivity contribution is 0.0930. The molecule has 1 fully saturated rings. The van der Waals surface area contributed by atoms with Gasteiger partial charge in [-0.1, -0.05) is 12.1 Å². The first-order valence-corrected chi connectivity index (χ1v) is 12.6. The van der Waals surface area contributed by atoms with Crippen LogP contribution in [0, 0.1) is 11.3 Å². The highest BCUT2D eigenvalue weighted by atomic mass is 16.5. The number of ether oxygens (including phenoxy) is 1. The number of nitrogens with zero attached hydrogens (tertiary/aromatic N) is 7. The van der Waals surface area contributed by atoms with Crippen LogP contribution in [0.4, 0.5) is 5.82 Å². The summed E-state index contributed by atoms with van der Waals surface area (Å²) in [7, 11) is 0. The van der Waals surface area contributed by atoms with Crippen LogP contribution in [0.1, 0.15) is 24.0 Å². The Bertz CT molecular complexity index is 1610. The van der Waals surface area contributed by atoms with Crippen LogP contribution in [0.5, 0.6) is 5.88 Å². The number of nitrogens with two attached hydrogens (primary N) is 1. The first-order chi connectivity index (χ1) is 18.7. The Morgan fingerprint density at radius 1 is 0.921 bits per heavy atom. The summed E-state index contributed by atoms with van der Waals surface area (Å²) in [4.78, 5) is 20.3. The average Bonchev–Trinajstić information content (AvgIpc) is 3.34. The van der Waals surface area contributed by atoms with E-state index in [2.05, 4.69) is 50.2 Å². The molecule has 0 radical (unpaired) electrons. The number of rotatable bonds is 6. The molecule has 0 unspecified atom stereocenters. The lowest BCUT2D eigenvalue weighted by atomic mass is 10.1. The zero-order chi connectivity index (χ0) is 25.9. The third-order valence-electron chi connectivity index (χ3n) is 6.80. The van der Waals surface area contributed by atoms with Crippen LogP contribution in [-0.2, 0) is 6.54 Å². The summed E-state index contributed by atoms with van der Waals surface area (Å²) in [5.74, 6) is 1.57. The number of imidazole rings is 1. The number of nitrogen functional groups attached to an aromatic ring is 1. The van der Waals surface area contributed by atoms with Gasteiger partial charge in [0.2, 0.25) is 5.88 Å². The molecule has 188 valence electrons. The lowest BCUT2D eigenvalue weighted by Crippen LogP contribution is -2.38. The standard InChI is InChI=1S/C29H26N8O/c30-18-21-4-1-15-34-29(21)38-23-11-16-36(17-12-23)19-20-7-9-22(10-8-20)37-27(24-5-2-13-32-26(24)31)35-25-6-3-14-33-28(25)37/h1-10,13-15,23H,11-12,16-17,19H2,(H2,31,32). The van der Waals surface area contributed by atoms with Crippen LogP contribution >= 0.6 is 0 Å². The van der Waals surface area contributed by atoms with Gasteiger partial charge >= 0.3 is 0 Å². The van der Waals surface area contributed by atoms with Gasteiger partial charge in [-0.25, -0.2) is 19.9 Å². The van der Waals surface area contributed by atoms with E-state index >= 15 is 0 Å². The maximum Gasteiger partial charge on any atom is 0.231 e. The molecule has 4 aromatic heterocycles. The number of benzene rings is 1. The highest BCUT2D eigenvalue weighted by Gasteiger charge is 2.22. The van der Waals surface area contributed by atoms with E-state index in [1.54, 1.807) is 30.7 Å². The summed E-state index contributed by atoms with van der Waals surface area (Å²) in [6, 6.07) is 21.7. The van der Waals surface area contributed by atoms with Crippen molar-refractivity contribution < 1.29 is 4.74 Å². The monoisotopic (exact) mass is 502 g/mol. The third-order valence-corrected chi connectivity index (χ3v) is 6.80. The van der Waals surface area contributed by atoms with Crippen LogP contribution in [0.25, 0.3) is 28.2 Å². The largest absolute Gasteiger partial charge is 0.473 e. The van der Waals surface area contributed by atoms with Gasteiger partial charge in [0.25, 0.3) is 0 Å². The second kappa shape index (κ2) is 10.3. The van der Waals surface area contributed by atoms with E-state index in [-0.39, 0.29) is 6.10 Å². The van der Waals surface area contributed by atoms with Gasteiger partial charge in [0.15, 0.2) is 11.5 Å². The zero-order valence-corrected chi connectivity index (χ0v) is 20.7. The SMILES string of the molecule is N#Cc1cccnc1OC1CCN(Cc2ccc(-n3c(-c4cccnc4N)nc4cccnc43)cc2)CC1. The first-order valence-electron chi connectivity index (χ1n) is 12.6. The Morgan fingerprint density at radius 3 is 2.45 bits per heavy atom.